The van der Waals surface area contributed by atoms with Crippen LogP contribution in [0.1, 0.15) is 39.6 Å². The number of primary amides is 1. The lowest BCUT2D eigenvalue weighted by Gasteiger charge is -2.10. The molecule has 2 aromatic carbocycles. The van der Waals surface area contributed by atoms with Crippen LogP contribution in [0.25, 0.3) is 0 Å². The molecule has 0 radical (unpaired) electrons. The van der Waals surface area contributed by atoms with E-state index in [2.05, 4.69) is 6.92 Å². The maximum Gasteiger partial charge on any atom is 0.248 e. The third kappa shape index (κ3) is 5.28. The van der Waals surface area contributed by atoms with E-state index >= 15 is 0 Å². The van der Waals surface area contributed by atoms with Gasteiger partial charge in [0.1, 0.15) is 12.4 Å². The fourth-order valence-electron chi connectivity index (χ4n) is 2.41. The van der Waals surface area contributed by atoms with Crippen molar-refractivity contribution < 1.29 is 19.3 Å². The molecule has 1 amide bonds. The Kier molecular flexibility index (Phi) is 6.21. The molecule has 0 aromatic heterocycles. The van der Waals surface area contributed by atoms with Crippen LogP contribution in [0.3, 0.4) is 0 Å². The van der Waals surface area contributed by atoms with Crippen molar-refractivity contribution in [3.05, 3.63) is 71.0 Å². The minimum Gasteiger partial charge on any atom is -0.366 e. The van der Waals surface area contributed by atoms with Crippen LogP contribution in [0.5, 0.6) is 0 Å². The van der Waals surface area contributed by atoms with Crippen molar-refractivity contribution in [2.45, 2.75) is 25.8 Å². The van der Waals surface area contributed by atoms with Gasteiger partial charge in [-0.25, -0.2) is 4.39 Å². The predicted octanol–water partition coefficient (Wildman–Crippen LogP) is 1.69. The quantitative estimate of drug-likeness (QED) is 0.723. The molecule has 0 aliphatic rings. The highest BCUT2D eigenvalue weighted by Gasteiger charge is 2.12. The highest BCUT2D eigenvalue weighted by molar-refractivity contribution is 5.96. The first-order valence-electron chi connectivity index (χ1n) is 7.96. The van der Waals surface area contributed by atoms with Gasteiger partial charge in [-0.2, -0.15) is 0 Å². The lowest BCUT2D eigenvalue weighted by Crippen LogP contribution is -2.90. The van der Waals surface area contributed by atoms with Crippen molar-refractivity contribution in [3.63, 3.8) is 0 Å². The fraction of sp³-hybridized carbons (Fsp3) is 0.263. The van der Waals surface area contributed by atoms with Gasteiger partial charge in [0.05, 0.1) is 6.04 Å². The standard InChI is InChI=1S/C19H21FN2O2/c1-13(2-3-14-4-6-16(7-5-14)19(21)24)22-12-18(23)15-8-10-17(20)11-9-15/h4-11,13,22H,2-3,12H2,1H3,(H2,21,24)/p+1/t13-/m1/s1. The molecule has 0 fully saturated rings. The smallest absolute Gasteiger partial charge is 0.248 e. The number of amides is 1. The summed E-state index contributed by atoms with van der Waals surface area (Å²) < 4.78 is 12.9. The van der Waals surface area contributed by atoms with E-state index in [-0.39, 0.29) is 17.6 Å². The molecule has 0 heterocycles. The molecule has 4 nitrogen and oxygen atoms in total. The molecule has 2 aromatic rings. The molecule has 0 aliphatic heterocycles. The number of halogens is 1. The Labute approximate surface area is 140 Å². The summed E-state index contributed by atoms with van der Waals surface area (Å²) in [5.41, 5.74) is 7.38. The zero-order valence-electron chi connectivity index (χ0n) is 13.7. The van der Waals surface area contributed by atoms with Crippen molar-refractivity contribution in [1.29, 1.82) is 0 Å². The first kappa shape index (κ1) is 17.8. The summed E-state index contributed by atoms with van der Waals surface area (Å²) in [5.74, 6) is -0.776. The Morgan fingerprint density at radius 3 is 2.21 bits per heavy atom. The van der Waals surface area contributed by atoms with Gasteiger partial charge in [-0.05, 0) is 55.3 Å². The summed E-state index contributed by atoms with van der Waals surface area (Å²) in [7, 11) is 0. The van der Waals surface area contributed by atoms with E-state index in [1.807, 2.05) is 17.4 Å². The second kappa shape index (κ2) is 8.36. The Bertz CT molecular complexity index is 696. The van der Waals surface area contributed by atoms with Gasteiger partial charge in [-0.3, -0.25) is 9.59 Å². The molecule has 1 atom stereocenters. The molecular weight excluding hydrogens is 307 g/mol. The Morgan fingerprint density at radius 1 is 1.04 bits per heavy atom. The molecule has 2 rings (SSSR count). The number of nitrogens with two attached hydrogens (primary N) is 2. The minimum absolute atomic E-state index is 0.00680. The van der Waals surface area contributed by atoms with Crippen LogP contribution in [0.4, 0.5) is 4.39 Å². The van der Waals surface area contributed by atoms with E-state index < -0.39 is 5.91 Å². The van der Waals surface area contributed by atoms with Gasteiger partial charge in [0.15, 0.2) is 0 Å². The van der Waals surface area contributed by atoms with Crippen LogP contribution in [0.15, 0.2) is 48.5 Å². The number of ketones is 1. The lowest BCUT2D eigenvalue weighted by molar-refractivity contribution is -0.675. The SMILES string of the molecule is C[C@H](CCc1ccc(C(N)=O)cc1)[NH2+]CC(=O)c1ccc(F)cc1. The molecule has 126 valence electrons. The summed E-state index contributed by atoms with van der Waals surface area (Å²) in [6.45, 7) is 2.41. The second-order valence-electron chi connectivity index (χ2n) is 5.95. The Hall–Kier alpha value is -2.53. The molecule has 5 heteroatoms. The third-order valence-corrected chi connectivity index (χ3v) is 4.00. The van der Waals surface area contributed by atoms with E-state index in [1.165, 1.54) is 24.3 Å². The molecule has 0 saturated heterocycles. The number of rotatable bonds is 8. The largest absolute Gasteiger partial charge is 0.366 e. The number of Topliss-reactive ketones (excluding diaryl/α,β-unsaturated/α-hetero) is 1. The van der Waals surface area contributed by atoms with Crippen molar-refractivity contribution >= 4 is 11.7 Å². The summed E-state index contributed by atoms with van der Waals surface area (Å²) in [5, 5.41) is 1.99. The van der Waals surface area contributed by atoms with Crippen molar-refractivity contribution in [3.8, 4) is 0 Å². The van der Waals surface area contributed by atoms with Gasteiger partial charge in [0, 0.05) is 17.5 Å². The first-order chi connectivity index (χ1) is 11.5. The number of carbonyl (C=O) groups excluding carboxylic acids is 2. The van der Waals surface area contributed by atoms with E-state index in [0.29, 0.717) is 17.7 Å². The average Bonchev–Trinajstić information content (AvgIpc) is 2.58. The Balaban J connectivity index is 1.76. The number of quaternary nitrogens is 1. The van der Waals surface area contributed by atoms with E-state index in [1.54, 1.807) is 12.1 Å². The van der Waals surface area contributed by atoms with E-state index in [4.69, 9.17) is 5.73 Å². The van der Waals surface area contributed by atoms with Gasteiger partial charge in [0.25, 0.3) is 0 Å². The first-order valence-corrected chi connectivity index (χ1v) is 7.96. The van der Waals surface area contributed by atoms with Crippen LogP contribution in [-0.2, 0) is 6.42 Å². The molecule has 24 heavy (non-hydrogen) atoms. The zero-order chi connectivity index (χ0) is 17.5. The number of aryl methyl sites for hydroxylation is 1. The maximum absolute atomic E-state index is 12.9. The van der Waals surface area contributed by atoms with Crippen LogP contribution in [0, 0.1) is 5.82 Å². The van der Waals surface area contributed by atoms with Crippen molar-refractivity contribution in [2.24, 2.45) is 5.73 Å². The number of hydrogen-bond donors (Lipinski definition) is 2. The summed E-state index contributed by atoms with van der Waals surface area (Å²) in [4.78, 5) is 23.1. The predicted molar refractivity (Wildman–Crippen MR) is 90.3 cm³/mol. The minimum atomic E-state index is -0.428. The van der Waals surface area contributed by atoms with Crippen LogP contribution >= 0.6 is 0 Å². The summed E-state index contributed by atoms with van der Waals surface area (Å²) >= 11 is 0. The topological polar surface area (TPSA) is 76.8 Å². The van der Waals surface area contributed by atoms with Crippen molar-refractivity contribution in [2.75, 3.05) is 6.54 Å². The molecule has 0 unspecified atom stereocenters. The molecule has 0 spiro atoms. The zero-order valence-corrected chi connectivity index (χ0v) is 13.7. The summed E-state index contributed by atoms with van der Waals surface area (Å²) in [6.07, 6.45) is 1.77. The third-order valence-electron chi connectivity index (χ3n) is 4.00. The Morgan fingerprint density at radius 2 is 1.62 bits per heavy atom. The van der Waals surface area contributed by atoms with Crippen LogP contribution in [0.2, 0.25) is 0 Å². The molecule has 0 saturated carbocycles. The van der Waals surface area contributed by atoms with Gasteiger partial charge in [0.2, 0.25) is 11.7 Å². The highest BCUT2D eigenvalue weighted by Crippen LogP contribution is 2.07. The average molecular weight is 329 g/mol. The maximum atomic E-state index is 12.9. The molecule has 4 N–H and O–H groups in total. The molecule has 0 aliphatic carbocycles. The highest BCUT2D eigenvalue weighted by atomic mass is 19.1. The number of hydrogen-bond acceptors (Lipinski definition) is 2. The second-order valence-corrected chi connectivity index (χ2v) is 5.95. The van der Waals surface area contributed by atoms with Crippen LogP contribution < -0.4 is 11.1 Å². The van der Waals surface area contributed by atoms with Gasteiger partial charge in [-0.1, -0.05) is 12.1 Å². The van der Waals surface area contributed by atoms with E-state index in [9.17, 15) is 14.0 Å². The van der Waals surface area contributed by atoms with Crippen molar-refractivity contribution in [1.82, 2.24) is 0 Å². The molecule has 0 bridgehead atoms. The monoisotopic (exact) mass is 329 g/mol. The van der Waals surface area contributed by atoms with Gasteiger partial charge >= 0.3 is 0 Å². The number of carbonyl (C=O) groups is 2. The fourth-order valence-corrected chi connectivity index (χ4v) is 2.41. The lowest BCUT2D eigenvalue weighted by atomic mass is 10.0. The molecular formula is C19H22FN2O2+. The van der Waals surface area contributed by atoms with Crippen LogP contribution in [-0.4, -0.2) is 24.3 Å². The number of benzene rings is 2. The normalized spacial score (nSPS) is 11.9. The van der Waals surface area contributed by atoms with Gasteiger partial charge < -0.3 is 11.1 Å². The van der Waals surface area contributed by atoms with E-state index in [0.717, 1.165) is 18.4 Å². The van der Waals surface area contributed by atoms with Gasteiger partial charge in [-0.15, -0.1) is 0 Å². The summed E-state index contributed by atoms with van der Waals surface area (Å²) in [6, 6.07) is 13.2.